The summed E-state index contributed by atoms with van der Waals surface area (Å²) >= 11 is 1.29. The number of para-hydroxylation sites is 1. The number of benzene rings is 1. The molecule has 1 N–H and O–H groups in total. The zero-order valence-corrected chi connectivity index (χ0v) is 18.2. The van der Waals surface area contributed by atoms with Gasteiger partial charge in [0.1, 0.15) is 5.60 Å². The highest BCUT2D eigenvalue weighted by Crippen LogP contribution is 2.29. The Morgan fingerprint density at radius 2 is 1.97 bits per heavy atom. The molecular weight excluding hydrogens is 406 g/mol. The number of anilines is 2. The standard InChI is InChI=1S/C20H23N5O4S/c1-6-28-17(26)14-16(22-18(30-5)24-23-14)21-13-9-7-8-12-10-11-25(15(12)13)19(27)29-20(2,3)4/h7-11H,6H2,1-5H3,(H,21,22,24). The Bertz CT molecular complexity index is 1090. The van der Waals surface area contributed by atoms with Gasteiger partial charge in [-0.05, 0) is 46.1 Å². The van der Waals surface area contributed by atoms with E-state index in [1.165, 1.54) is 16.3 Å². The summed E-state index contributed by atoms with van der Waals surface area (Å²) in [6.45, 7) is 7.31. The van der Waals surface area contributed by atoms with E-state index >= 15 is 0 Å². The molecule has 0 saturated heterocycles. The van der Waals surface area contributed by atoms with Crippen LogP contribution in [0.2, 0.25) is 0 Å². The lowest BCUT2D eigenvalue weighted by atomic mass is 10.2. The molecule has 0 aliphatic heterocycles. The fourth-order valence-corrected chi connectivity index (χ4v) is 3.01. The minimum absolute atomic E-state index is 0.0398. The molecule has 158 valence electrons. The van der Waals surface area contributed by atoms with Gasteiger partial charge in [0, 0.05) is 11.6 Å². The maximum Gasteiger partial charge on any atom is 0.419 e. The van der Waals surface area contributed by atoms with E-state index in [1.807, 2.05) is 18.2 Å². The zero-order valence-electron chi connectivity index (χ0n) is 17.4. The van der Waals surface area contributed by atoms with E-state index in [4.69, 9.17) is 9.47 Å². The van der Waals surface area contributed by atoms with E-state index in [0.29, 0.717) is 16.4 Å². The van der Waals surface area contributed by atoms with Crippen molar-refractivity contribution >= 4 is 46.2 Å². The highest BCUT2D eigenvalue weighted by molar-refractivity contribution is 7.98. The van der Waals surface area contributed by atoms with E-state index < -0.39 is 17.7 Å². The summed E-state index contributed by atoms with van der Waals surface area (Å²) in [5.74, 6) is -0.445. The van der Waals surface area contributed by atoms with Gasteiger partial charge in [0.2, 0.25) is 10.9 Å². The Labute approximate surface area is 178 Å². The number of carbonyl (C=O) groups excluding carboxylic acids is 2. The Morgan fingerprint density at radius 3 is 2.63 bits per heavy atom. The first kappa shape index (κ1) is 21.6. The molecule has 10 heteroatoms. The van der Waals surface area contributed by atoms with Crippen molar-refractivity contribution in [3.63, 3.8) is 0 Å². The summed E-state index contributed by atoms with van der Waals surface area (Å²) in [5.41, 5.74) is 0.464. The first-order valence-electron chi connectivity index (χ1n) is 9.29. The van der Waals surface area contributed by atoms with Crippen LogP contribution in [0.15, 0.2) is 35.6 Å². The number of fused-ring (bicyclic) bond motifs is 1. The summed E-state index contributed by atoms with van der Waals surface area (Å²) in [6.07, 6.45) is 2.93. The summed E-state index contributed by atoms with van der Waals surface area (Å²) < 4.78 is 12.0. The maximum absolute atomic E-state index is 12.7. The van der Waals surface area contributed by atoms with Crippen LogP contribution >= 0.6 is 11.8 Å². The first-order valence-corrected chi connectivity index (χ1v) is 10.5. The number of nitrogens with one attached hydrogen (secondary N) is 1. The topological polar surface area (TPSA) is 108 Å². The van der Waals surface area contributed by atoms with Crippen molar-refractivity contribution in [3.8, 4) is 0 Å². The van der Waals surface area contributed by atoms with Crippen LogP contribution in [-0.4, -0.2) is 50.3 Å². The second-order valence-electron chi connectivity index (χ2n) is 7.25. The van der Waals surface area contributed by atoms with Gasteiger partial charge in [-0.1, -0.05) is 23.9 Å². The molecule has 2 heterocycles. The summed E-state index contributed by atoms with van der Waals surface area (Å²) in [4.78, 5) is 29.4. The number of ether oxygens (including phenoxy) is 2. The number of rotatable bonds is 5. The van der Waals surface area contributed by atoms with E-state index in [2.05, 4.69) is 20.5 Å². The number of esters is 1. The van der Waals surface area contributed by atoms with Gasteiger partial charge in [0.25, 0.3) is 0 Å². The molecule has 0 saturated carbocycles. The molecule has 30 heavy (non-hydrogen) atoms. The molecular formula is C20H23N5O4S. The van der Waals surface area contributed by atoms with Crippen molar-refractivity contribution in [1.82, 2.24) is 19.7 Å². The molecule has 0 aliphatic carbocycles. The summed E-state index contributed by atoms with van der Waals surface area (Å²) in [5, 5.41) is 12.2. The Morgan fingerprint density at radius 1 is 1.20 bits per heavy atom. The molecule has 0 amide bonds. The molecule has 9 nitrogen and oxygen atoms in total. The third-order valence-electron chi connectivity index (χ3n) is 3.87. The number of hydrogen-bond acceptors (Lipinski definition) is 9. The van der Waals surface area contributed by atoms with Crippen molar-refractivity contribution in [3.05, 3.63) is 36.2 Å². The van der Waals surface area contributed by atoms with Crippen LogP contribution < -0.4 is 5.32 Å². The van der Waals surface area contributed by atoms with Crippen molar-refractivity contribution in [2.45, 2.75) is 38.5 Å². The SMILES string of the molecule is CCOC(=O)c1nnc(SC)nc1Nc1cccc2ccn(C(=O)OC(C)(C)C)c12. The normalized spacial score (nSPS) is 11.4. The third-order valence-corrected chi connectivity index (χ3v) is 4.41. The molecule has 0 fully saturated rings. The van der Waals surface area contributed by atoms with Gasteiger partial charge in [0.05, 0.1) is 17.8 Å². The number of nitrogens with zero attached hydrogens (tertiary/aromatic N) is 4. The van der Waals surface area contributed by atoms with Crippen molar-refractivity contribution < 1.29 is 19.1 Å². The van der Waals surface area contributed by atoms with Crippen molar-refractivity contribution in [1.29, 1.82) is 0 Å². The fraction of sp³-hybridized carbons (Fsp3) is 0.350. The van der Waals surface area contributed by atoms with Crippen LogP contribution in [0.25, 0.3) is 10.9 Å². The lowest BCUT2D eigenvalue weighted by Gasteiger charge is -2.20. The third kappa shape index (κ3) is 4.70. The minimum Gasteiger partial charge on any atom is -0.461 e. The summed E-state index contributed by atoms with van der Waals surface area (Å²) in [6, 6.07) is 7.29. The molecule has 0 aliphatic rings. The predicted molar refractivity (Wildman–Crippen MR) is 114 cm³/mol. The molecule has 0 atom stereocenters. The van der Waals surface area contributed by atoms with E-state index in [9.17, 15) is 9.59 Å². The maximum atomic E-state index is 12.7. The number of aromatic nitrogens is 4. The quantitative estimate of drug-likeness (QED) is 0.470. The predicted octanol–water partition coefficient (Wildman–Crippen LogP) is 4.25. The monoisotopic (exact) mass is 429 g/mol. The second-order valence-corrected chi connectivity index (χ2v) is 8.02. The molecule has 3 aromatic rings. The average Bonchev–Trinajstić information content (AvgIpc) is 3.12. The van der Waals surface area contributed by atoms with Crippen LogP contribution in [0.1, 0.15) is 38.2 Å². The fourth-order valence-electron chi connectivity index (χ4n) is 2.71. The van der Waals surface area contributed by atoms with Crippen LogP contribution in [0.5, 0.6) is 0 Å². The Balaban J connectivity index is 2.07. The highest BCUT2D eigenvalue weighted by atomic mass is 32.2. The second kappa shape index (κ2) is 8.70. The lowest BCUT2D eigenvalue weighted by molar-refractivity contribution is 0.0514. The molecule has 1 aromatic carbocycles. The number of thioether (sulfide) groups is 1. The van der Waals surface area contributed by atoms with Gasteiger partial charge in [-0.25, -0.2) is 14.6 Å². The van der Waals surface area contributed by atoms with Gasteiger partial charge in [-0.15, -0.1) is 10.2 Å². The molecule has 0 unspecified atom stereocenters. The Hall–Kier alpha value is -3.14. The van der Waals surface area contributed by atoms with Crippen LogP contribution in [0, 0.1) is 0 Å². The van der Waals surface area contributed by atoms with Gasteiger partial charge >= 0.3 is 12.1 Å². The zero-order chi connectivity index (χ0) is 21.9. The summed E-state index contributed by atoms with van der Waals surface area (Å²) in [7, 11) is 0. The average molecular weight is 430 g/mol. The molecule has 0 radical (unpaired) electrons. The molecule has 0 bridgehead atoms. The minimum atomic E-state index is -0.642. The molecule has 0 spiro atoms. The van der Waals surface area contributed by atoms with Crippen LogP contribution in [0.4, 0.5) is 16.3 Å². The van der Waals surface area contributed by atoms with Gasteiger partial charge in [-0.3, -0.25) is 4.57 Å². The van der Waals surface area contributed by atoms with Crippen LogP contribution in [-0.2, 0) is 9.47 Å². The molecule has 2 aromatic heterocycles. The van der Waals surface area contributed by atoms with E-state index in [0.717, 1.165) is 5.39 Å². The van der Waals surface area contributed by atoms with Gasteiger partial charge in [0.15, 0.2) is 5.82 Å². The largest absolute Gasteiger partial charge is 0.461 e. The lowest BCUT2D eigenvalue weighted by Crippen LogP contribution is -2.26. The van der Waals surface area contributed by atoms with Crippen LogP contribution in [0.3, 0.4) is 0 Å². The highest BCUT2D eigenvalue weighted by Gasteiger charge is 2.22. The van der Waals surface area contributed by atoms with Gasteiger partial charge < -0.3 is 14.8 Å². The first-order chi connectivity index (χ1) is 14.2. The smallest absolute Gasteiger partial charge is 0.419 e. The number of carbonyl (C=O) groups is 2. The van der Waals surface area contributed by atoms with E-state index in [-0.39, 0.29) is 18.1 Å². The van der Waals surface area contributed by atoms with E-state index in [1.54, 1.807) is 46.2 Å². The van der Waals surface area contributed by atoms with Crippen molar-refractivity contribution in [2.24, 2.45) is 0 Å². The number of hydrogen-bond donors (Lipinski definition) is 1. The Kier molecular flexibility index (Phi) is 6.25. The van der Waals surface area contributed by atoms with Crippen molar-refractivity contribution in [2.75, 3.05) is 18.2 Å². The molecule has 3 rings (SSSR count). The van der Waals surface area contributed by atoms with Gasteiger partial charge in [-0.2, -0.15) is 0 Å².